The van der Waals surface area contributed by atoms with Gasteiger partial charge in [-0.3, -0.25) is 13.9 Å². The van der Waals surface area contributed by atoms with Gasteiger partial charge in [0.15, 0.2) is 5.40 Å². The quantitative estimate of drug-likeness (QED) is 0.213. The second-order valence-electron chi connectivity index (χ2n) is 10.3. The van der Waals surface area contributed by atoms with Crippen LogP contribution in [0.15, 0.2) is 54.6 Å². The number of carbonyl (C=O) groups is 2. The van der Waals surface area contributed by atoms with Gasteiger partial charge >= 0.3 is 21.3 Å². The SMILES string of the molecule is CCOP(=O)(OCC)C(C[C@]1(c2ccccc2)C(=O)N(C(=O)OC(C)(C)C)c2ccccc21)P(=O)(OCC)OCC. The molecule has 3 rings (SSSR count). The number of carbonyl (C=O) groups excluding carboxylic acids is 2. The normalized spacial score (nSPS) is 17.7. The maximum absolute atomic E-state index is 14.7. The number of nitrogens with zero attached hydrogens (tertiary/aromatic N) is 1. The maximum atomic E-state index is 14.7. The molecule has 0 saturated heterocycles. The van der Waals surface area contributed by atoms with Crippen LogP contribution in [0.25, 0.3) is 0 Å². The lowest BCUT2D eigenvalue weighted by Crippen LogP contribution is -2.47. The van der Waals surface area contributed by atoms with E-state index in [0.717, 1.165) is 4.90 Å². The van der Waals surface area contributed by atoms with E-state index in [1.54, 1.807) is 103 Å². The third-order valence-electron chi connectivity index (χ3n) is 6.47. The van der Waals surface area contributed by atoms with Gasteiger partial charge in [0.05, 0.1) is 32.1 Å². The Morgan fingerprint density at radius 3 is 1.73 bits per heavy atom. The minimum atomic E-state index is -4.24. The van der Waals surface area contributed by atoms with Crippen molar-refractivity contribution in [2.24, 2.45) is 0 Å². The van der Waals surface area contributed by atoms with Crippen LogP contribution < -0.4 is 4.90 Å². The number of ether oxygens (including phenoxy) is 1. The second-order valence-corrected chi connectivity index (χ2v) is 15.2. The second kappa shape index (κ2) is 13.3. The highest BCUT2D eigenvalue weighted by Crippen LogP contribution is 2.73. The first-order valence-corrected chi connectivity index (χ1v) is 17.1. The van der Waals surface area contributed by atoms with Crippen molar-refractivity contribution in [2.75, 3.05) is 31.3 Å². The average molecular weight is 610 g/mol. The summed E-state index contributed by atoms with van der Waals surface area (Å²) in [7, 11) is -8.48. The summed E-state index contributed by atoms with van der Waals surface area (Å²) >= 11 is 0. The Morgan fingerprint density at radius 2 is 1.27 bits per heavy atom. The lowest BCUT2D eigenvalue weighted by molar-refractivity contribution is -0.121. The van der Waals surface area contributed by atoms with Crippen molar-refractivity contribution in [2.45, 2.75) is 71.3 Å². The number of hydrogen-bond donors (Lipinski definition) is 0. The van der Waals surface area contributed by atoms with Crippen molar-refractivity contribution < 1.29 is 41.6 Å². The molecular formula is C29H41NO9P2. The highest BCUT2D eigenvalue weighted by molar-refractivity contribution is 7.72. The number of para-hydroxylation sites is 1. The van der Waals surface area contributed by atoms with Crippen LogP contribution in [-0.4, -0.2) is 49.4 Å². The molecule has 0 aliphatic carbocycles. The molecule has 0 saturated carbocycles. The van der Waals surface area contributed by atoms with Crippen LogP contribution in [-0.2, 0) is 42.2 Å². The lowest BCUT2D eigenvalue weighted by atomic mass is 9.73. The van der Waals surface area contributed by atoms with Gasteiger partial charge in [0.25, 0.3) is 5.91 Å². The first-order valence-electron chi connectivity index (χ1n) is 13.8. The maximum Gasteiger partial charge on any atom is 0.421 e. The Labute approximate surface area is 242 Å². The monoisotopic (exact) mass is 609 g/mol. The summed E-state index contributed by atoms with van der Waals surface area (Å²) in [6.07, 6.45) is -1.22. The molecule has 10 nitrogen and oxygen atoms in total. The van der Waals surface area contributed by atoms with E-state index in [4.69, 9.17) is 22.8 Å². The molecule has 0 aromatic heterocycles. The van der Waals surface area contributed by atoms with Crippen molar-refractivity contribution in [1.82, 2.24) is 0 Å². The number of anilines is 1. The first-order chi connectivity index (χ1) is 19.3. The molecule has 1 heterocycles. The van der Waals surface area contributed by atoms with Crippen molar-refractivity contribution in [3.05, 3.63) is 65.7 Å². The molecule has 226 valence electrons. The summed E-state index contributed by atoms with van der Waals surface area (Å²) in [5.41, 5.74) is -1.28. The molecule has 1 aliphatic heterocycles. The molecule has 1 atom stereocenters. The van der Waals surface area contributed by atoms with Crippen LogP contribution in [0.5, 0.6) is 0 Å². The van der Waals surface area contributed by atoms with Crippen LogP contribution in [0.2, 0.25) is 0 Å². The van der Waals surface area contributed by atoms with Gasteiger partial charge in [-0.05, 0) is 72.1 Å². The highest BCUT2D eigenvalue weighted by Gasteiger charge is 2.62. The molecule has 0 radical (unpaired) electrons. The smallest absolute Gasteiger partial charge is 0.421 e. The largest absolute Gasteiger partial charge is 0.443 e. The number of amides is 2. The van der Waals surface area contributed by atoms with Gasteiger partial charge in [0.2, 0.25) is 0 Å². The van der Waals surface area contributed by atoms with E-state index in [0.29, 0.717) is 16.8 Å². The minimum absolute atomic E-state index is 0.0149. The molecule has 2 aromatic carbocycles. The van der Waals surface area contributed by atoms with Crippen LogP contribution in [0.4, 0.5) is 10.5 Å². The Morgan fingerprint density at radius 1 is 0.805 bits per heavy atom. The van der Waals surface area contributed by atoms with Crippen molar-refractivity contribution in [3.8, 4) is 0 Å². The molecule has 0 bridgehead atoms. The molecule has 0 fully saturated rings. The number of benzene rings is 2. The summed E-state index contributed by atoms with van der Waals surface area (Å²) in [5, 5.41) is -1.51. The standard InChI is InChI=1S/C29H41NO9P2/c1-8-35-40(33,36-9-2)25(41(34,37-10-3)38-11-4)21-29(22-17-13-12-14-18-22)23-19-15-16-20-24(23)30(26(29)31)27(32)39-28(5,6)7/h12-20,25H,8-11,21H2,1-7H3/t29-/m1/s1. The summed E-state index contributed by atoms with van der Waals surface area (Å²) in [6.45, 7) is 11.6. The number of fused-ring (bicyclic) bond motifs is 1. The van der Waals surface area contributed by atoms with E-state index in [2.05, 4.69) is 0 Å². The van der Waals surface area contributed by atoms with Gasteiger partial charge < -0.3 is 22.8 Å². The first kappa shape index (κ1) is 33.2. The van der Waals surface area contributed by atoms with Gasteiger partial charge in [-0.25, -0.2) is 9.69 Å². The van der Waals surface area contributed by atoms with Crippen molar-refractivity contribution in [3.63, 3.8) is 0 Å². The van der Waals surface area contributed by atoms with Crippen LogP contribution in [0, 0.1) is 0 Å². The summed E-state index contributed by atoms with van der Waals surface area (Å²) in [5.74, 6) is -0.650. The number of hydrogen-bond acceptors (Lipinski definition) is 9. The third-order valence-corrected chi connectivity index (χ3v) is 12.5. The van der Waals surface area contributed by atoms with Gasteiger partial charge in [0.1, 0.15) is 11.0 Å². The highest BCUT2D eigenvalue weighted by atomic mass is 31.2. The molecule has 2 amide bonds. The predicted octanol–water partition coefficient (Wildman–Crippen LogP) is 7.50. The van der Waals surface area contributed by atoms with E-state index in [1.165, 1.54) is 0 Å². The van der Waals surface area contributed by atoms with E-state index >= 15 is 0 Å². The van der Waals surface area contributed by atoms with Crippen LogP contribution in [0.1, 0.15) is 66.0 Å². The fourth-order valence-electron chi connectivity index (χ4n) is 5.06. The fourth-order valence-corrected chi connectivity index (χ4v) is 10.5. The molecule has 0 N–H and O–H groups in total. The van der Waals surface area contributed by atoms with Crippen LogP contribution >= 0.6 is 15.2 Å². The molecule has 12 heteroatoms. The molecule has 0 spiro atoms. The molecule has 1 aliphatic rings. The van der Waals surface area contributed by atoms with Gasteiger partial charge in [-0.2, -0.15) is 0 Å². The van der Waals surface area contributed by atoms with E-state index in [1.807, 2.05) is 0 Å². The van der Waals surface area contributed by atoms with Crippen molar-refractivity contribution in [1.29, 1.82) is 0 Å². The summed E-state index contributed by atoms with van der Waals surface area (Å²) < 4.78 is 57.5. The van der Waals surface area contributed by atoms with E-state index < -0.39 is 43.6 Å². The Kier molecular flexibility index (Phi) is 10.8. The minimum Gasteiger partial charge on any atom is -0.443 e. The third kappa shape index (κ3) is 6.69. The van der Waals surface area contributed by atoms with E-state index in [-0.39, 0.29) is 32.8 Å². The van der Waals surface area contributed by atoms with Crippen molar-refractivity contribution >= 4 is 32.9 Å². The summed E-state index contributed by atoms with van der Waals surface area (Å²) in [4.78, 5) is 29.2. The Bertz CT molecular complexity index is 1260. The fraction of sp³-hybridized carbons (Fsp3) is 0.517. The zero-order chi connectivity index (χ0) is 30.5. The molecule has 41 heavy (non-hydrogen) atoms. The van der Waals surface area contributed by atoms with Gasteiger partial charge in [-0.15, -0.1) is 0 Å². The molecule has 0 unspecified atom stereocenters. The van der Waals surface area contributed by atoms with Crippen LogP contribution in [0.3, 0.4) is 0 Å². The van der Waals surface area contributed by atoms with E-state index in [9.17, 15) is 18.7 Å². The topological polar surface area (TPSA) is 118 Å². The molecule has 2 aromatic rings. The lowest BCUT2D eigenvalue weighted by Gasteiger charge is -2.37. The molecular weight excluding hydrogens is 568 g/mol. The van der Waals surface area contributed by atoms with Gasteiger partial charge in [-0.1, -0.05) is 48.5 Å². The number of imide groups is 1. The average Bonchev–Trinajstić information content (AvgIpc) is 3.15. The number of rotatable bonds is 13. The Hall–Kier alpha value is -2.32. The zero-order valence-corrected chi connectivity index (χ0v) is 26.6. The Balaban J connectivity index is 2.38. The van der Waals surface area contributed by atoms with Gasteiger partial charge in [0, 0.05) is 0 Å². The summed E-state index contributed by atoms with van der Waals surface area (Å²) in [6, 6.07) is 15.6. The zero-order valence-electron chi connectivity index (χ0n) is 24.8. The predicted molar refractivity (Wildman–Crippen MR) is 158 cm³/mol.